The maximum Gasteiger partial charge on any atom is 0.222 e. The lowest BCUT2D eigenvalue weighted by Crippen LogP contribution is -2.39. The van der Waals surface area contributed by atoms with Gasteiger partial charge in [0.2, 0.25) is 5.91 Å². The minimum Gasteiger partial charge on any atom is -0.497 e. The van der Waals surface area contributed by atoms with E-state index in [1.165, 1.54) is 12.8 Å². The third-order valence-electron chi connectivity index (χ3n) is 5.69. The lowest BCUT2D eigenvalue weighted by molar-refractivity contribution is -0.127. The number of carbonyl (C=O) groups is 1. The first-order valence-corrected chi connectivity index (χ1v) is 11.3. The highest BCUT2D eigenvalue weighted by atomic mass is 16.5. The highest BCUT2D eigenvalue weighted by Crippen LogP contribution is 2.30. The van der Waals surface area contributed by atoms with Gasteiger partial charge in [0.15, 0.2) is 5.96 Å². The average molecular weight is 417 g/mol. The molecule has 1 amide bonds. The van der Waals surface area contributed by atoms with Crippen molar-refractivity contribution in [2.24, 2.45) is 4.99 Å². The zero-order chi connectivity index (χ0) is 21.2. The molecule has 166 valence electrons. The normalized spacial score (nSPS) is 17.5. The number of nitrogens with zero attached hydrogens (tertiary/aromatic N) is 2. The van der Waals surface area contributed by atoms with Crippen LogP contribution in [-0.4, -0.2) is 56.2 Å². The van der Waals surface area contributed by atoms with E-state index in [4.69, 9.17) is 14.5 Å². The van der Waals surface area contributed by atoms with Crippen LogP contribution in [0.15, 0.2) is 23.2 Å². The molecule has 7 heteroatoms. The van der Waals surface area contributed by atoms with E-state index in [1.807, 2.05) is 23.1 Å². The lowest BCUT2D eigenvalue weighted by atomic mass is 10.2. The average Bonchev–Trinajstić information content (AvgIpc) is 3.41. The molecule has 2 N–H and O–H groups in total. The van der Waals surface area contributed by atoms with Crippen molar-refractivity contribution in [1.82, 2.24) is 15.5 Å². The number of likely N-dealkylation sites (tertiary alicyclic amines) is 1. The summed E-state index contributed by atoms with van der Waals surface area (Å²) in [5.74, 6) is 2.74. The Balaban J connectivity index is 1.56. The van der Waals surface area contributed by atoms with Crippen LogP contribution in [0.2, 0.25) is 0 Å². The van der Waals surface area contributed by atoms with Crippen molar-refractivity contribution in [1.29, 1.82) is 0 Å². The Morgan fingerprint density at radius 2 is 2.07 bits per heavy atom. The molecule has 0 unspecified atom stereocenters. The van der Waals surface area contributed by atoms with E-state index in [0.717, 1.165) is 74.9 Å². The zero-order valence-corrected chi connectivity index (χ0v) is 18.4. The number of aliphatic imine (C=N–C) groups is 1. The van der Waals surface area contributed by atoms with E-state index < -0.39 is 0 Å². The Hall–Kier alpha value is -2.44. The number of nitrogens with one attached hydrogen (secondary N) is 2. The maximum absolute atomic E-state index is 11.7. The minimum atomic E-state index is 0.282. The highest BCUT2D eigenvalue weighted by molar-refractivity contribution is 5.80. The SMILES string of the molecule is CCNC(=NCc1ccc(OC)cc1OC1CCCC1)NCCCN1CCCC1=O. The second-order valence-corrected chi connectivity index (χ2v) is 7.96. The number of benzene rings is 1. The Labute approximate surface area is 180 Å². The van der Waals surface area contributed by atoms with Crippen molar-refractivity contribution >= 4 is 11.9 Å². The standard InChI is InChI=1S/C23H36N4O3/c1-3-24-23(25-13-7-15-27-14-6-10-22(27)28)26-17-18-11-12-20(29-2)16-21(18)30-19-8-4-5-9-19/h11-12,16,19H,3-10,13-15,17H2,1-2H3,(H2,24,25,26). The largest absolute Gasteiger partial charge is 0.497 e. The molecule has 0 radical (unpaired) electrons. The third kappa shape index (κ3) is 6.54. The molecule has 0 bridgehead atoms. The van der Waals surface area contributed by atoms with Crippen molar-refractivity contribution in [3.63, 3.8) is 0 Å². The number of hydrogen-bond acceptors (Lipinski definition) is 4. The molecule has 1 aromatic carbocycles. The van der Waals surface area contributed by atoms with Crippen molar-refractivity contribution in [2.45, 2.75) is 64.5 Å². The number of carbonyl (C=O) groups excluding carboxylic acids is 1. The van der Waals surface area contributed by atoms with Crippen molar-refractivity contribution < 1.29 is 14.3 Å². The summed E-state index contributed by atoms with van der Waals surface area (Å²) in [5.41, 5.74) is 1.06. The van der Waals surface area contributed by atoms with Gasteiger partial charge >= 0.3 is 0 Å². The summed E-state index contributed by atoms with van der Waals surface area (Å²) in [4.78, 5) is 18.4. The maximum atomic E-state index is 11.7. The van der Waals surface area contributed by atoms with Crippen LogP contribution in [0.25, 0.3) is 0 Å². The van der Waals surface area contributed by atoms with Crippen LogP contribution in [0, 0.1) is 0 Å². The fourth-order valence-electron chi connectivity index (χ4n) is 4.01. The lowest BCUT2D eigenvalue weighted by Gasteiger charge is -2.18. The predicted octanol–water partition coefficient (Wildman–Crippen LogP) is 3.08. The van der Waals surface area contributed by atoms with Crippen molar-refractivity contribution in [2.75, 3.05) is 33.3 Å². The van der Waals surface area contributed by atoms with Gasteiger partial charge in [0.05, 0.1) is 19.8 Å². The second kappa shape index (κ2) is 11.7. The Kier molecular flexibility index (Phi) is 8.66. The monoisotopic (exact) mass is 416 g/mol. The second-order valence-electron chi connectivity index (χ2n) is 7.96. The Bertz CT molecular complexity index is 716. The first-order chi connectivity index (χ1) is 14.7. The van der Waals surface area contributed by atoms with Crippen LogP contribution in [0.1, 0.15) is 57.4 Å². The summed E-state index contributed by atoms with van der Waals surface area (Å²) in [6.45, 7) is 5.87. The molecule has 0 aromatic heterocycles. The van der Waals surface area contributed by atoms with Crippen LogP contribution in [-0.2, 0) is 11.3 Å². The van der Waals surface area contributed by atoms with Gasteiger partial charge in [0, 0.05) is 44.2 Å². The van der Waals surface area contributed by atoms with E-state index >= 15 is 0 Å². The molecule has 2 aliphatic rings. The topological polar surface area (TPSA) is 75.2 Å². The van der Waals surface area contributed by atoms with E-state index in [2.05, 4.69) is 17.6 Å². The summed E-state index contributed by atoms with van der Waals surface area (Å²) < 4.78 is 11.7. The first-order valence-electron chi connectivity index (χ1n) is 11.3. The van der Waals surface area contributed by atoms with Crippen LogP contribution in [0.4, 0.5) is 0 Å². The number of amides is 1. The molecule has 1 aromatic rings. The minimum absolute atomic E-state index is 0.282. The Morgan fingerprint density at radius 1 is 1.23 bits per heavy atom. The van der Waals surface area contributed by atoms with Crippen LogP contribution >= 0.6 is 0 Å². The zero-order valence-electron chi connectivity index (χ0n) is 18.4. The molecule has 30 heavy (non-hydrogen) atoms. The van der Waals surface area contributed by atoms with Gasteiger partial charge in [0.25, 0.3) is 0 Å². The summed E-state index contributed by atoms with van der Waals surface area (Å²) in [7, 11) is 1.68. The fraction of sp³-hybridized carbons (Fsp3) is 0.652. The molecule has 0 spiro atoms. The first kappa shape index (κ1) is 22.2. The number of methoxy groups -OCH3 is 1. The van der Waals surface area contributed by atoms with Crippen LogP contribution in [0.5, 0.6) is 11.5 Å². The molecule has 7 nitrogen and oxygen atoms in total. The number of guanidine groups is 1. The van der Waals surface area contributed by atoms with E-state index in [1.54, 1.807) is 7.11 Å². The van der Waals surface area contributed by atoms with Gasteiger partial charge in [-0.05, 0) is 57.6 Å². The number of hydrogen-bond donors (Lipinski definition) is 2. The van der Waals surface area contributed by atoms with E-state index in [9.17, 15) is 4.79 Å². The van der Waals surface area contributed by atoms with E-state index in [-0.39, 0.29) is 5.91 Å². The van der Waals surface area contributed by atoms with Crippen molar-refractivity contribution in [3.05, 3.63) is 23.8 Å². The van der Waals surface area contributed by atoms with Gasteiger partial charge in [-0.2, -0.15) is 0 Å². The summed E-state index contributed by atoms with van der Waals surface area (Å²) in [5, 5.41) is 6.68. The van der Waals surface area contributed by atoms with E-state index in [0.29, 0.717) is 19.1 Å². The number of rotatable bonds is 10. The summed E-state index contributed by atoms with van der Waals surface area (Å²) >= 11 is 0. The number of ether oxygens (including phenoxy) is 2. The molecule has 3 rings (SSSR count). The van der Waals surface area contributed by atoms with Gasteiger partial charge in [-0.15, -0.1) is 0 Å². The quantitative estimate of drug-likeness (QED) is 0.348. The summed E-state index contributed by atoms with van der Waals surface area (Å²) in [6.07, 6.45) is 7.59. The molecule has 2 fully saturated rings. The van der Waals surface area contributed by atoms with Crippen molar-refractivity contribution in [3.8, 4) is 11.5 Å². The molecule has 0 atom stereocenters. The highest BCUT2D eigenvalue weighted by Gasteiger charge is 2.19. The van der Waals surface area contributed by atoms with Gasteiger partial charge in [-0.25, -0.2) is 4.99 Å². The Morgan fingerprint density at radius 3 is 2.77 bits per heavy atom. The molecule has 1 aliphatic heterocycles. The van der Waals surface area contributed by atoms with Crippen LogP contribution in [0.3, 0.4) is 0 Å². The third-order valence-corrected chi connectivity index (χ3v) is 5.69. The molecule has 1 aliphatic carbocycles. The van der Waals surface area contributed by atoms with Gasteiger partial charge in [0.1, 0.15) is 11.5 Å². The molecular formula is C23H36N4O3. The van der Waals surface area contributed by atoms with Gasteiger partial charge in [-0.3, -0.25) is 4.79 Å². The molecule has 1 saturated heterocycles. The smallest absolute Gasteiger partial charge is 0.222 e. The predicted molar refractivity (Wildman–Crippen MR) is 119 cm³/mol. The van der Waals surface area contributed by atoms with Gasteiger partial charge < -0.3 is 25.0 Å². The van der Waals surface area contributed by atoms with Crippen LogP contribution < -0.4 is 20.1 Å². The molecular weight excluding hydrogens is 380 g/mol. The fourth-order valence-corrected chi connectivity index (χ4v) is 4.01. The van der Waals surface area contributed by atoms with Gasteiger partial charge in [-0.1, -0.05) is 0 Å². The summed E-state index contributed by atoms with van der Waals surface area (Å²) in [6, 6.07) is 5.96. The molecule has 1 heterocycles. The molecule has 1 saturated carbocycles.